The fraction of sp³-hybridized carbons (Fsp3) is 0.400. The molecule has 1 aromatic carbocycles. The molecule has 0 bridgehead atoms. The van der Waals surface area contributed by atoms with Crippen molar-refractivity contribution in [2.75, 3.05) is 35.9 Å². The summed E-state index contributed by atoms with van der Waals surface area (Å²) in [7, 11) is -2.28. The van der Waals surface area contributed by atoms with E-state index in [4.69, 9.17) is 27.9 Å². The van der Waals surface area contributed by atoms with Gasteiger partial charge in [0.2, 0.25) is 0 Å². The van der Waals surface area contributed by atoms with Crippen LogP contribution in [0.1, 0.15) is 5.69 Å². The van der Waals surface area contributed by atoms with Crippen LogP contribution in [0.3, 0.4) is 0 Å². The van der Waals surface area contributed by atoms with Crippen LogP contribution in [0.4, 0.5) is 11.4 Å². The third-order valence-corrected chi connectivity index (χ3v) is 6.30. The van der Waals surface area contributed by atoms with Crippen molar-refractivity contribution in [3.8, 4) is 0 Å². The summed E-state index contributed by atoms with van der Waals surface area (Å²) >= 11 is 12.4. The number of sulfonamides is 1. The summed E-state index contributed by atoms with van der Waals surface area (Å²) < 4.78 is 34.4. The minimum absolute atomic E-state index is 0.0370. The summed E-state index contributed by atoms with van der Waals surface area (Å²) in [5, 5.41) is 4.56. The molecule has 0 aliphatic carbocycles. The van der Waals surface area contributed by atoms with Crippen LogP contribution in [0.2, 0.25) is 10.2 Å². The molecule has 2 heterocycles. The van der Waals surface area contributed by atoms with Gasteiger partial charge in [-0.25, -0.2) is 8.42 Å². The lowest BCUT2D eigenvalue weighted by Crippen LogP contribution is -2.36. The van der Waals surface area contributed by atoms with E-state index < -0.39 is 10.0 Å². The monoisotopic (exact) mass is 404 g/mol. The van der Waals surface area contributed by atoms with Gasteiger partial charge in [0.1, 0.15) is 10.0 Å². The standard InChI is InChI=1S/C15H18Cl2N4O3S/c1-10-14(15(17)20(2)18-10)25(22,23)19-11-3-4-13(12(16)9-11)21-5-7-24-8-6-21/h3-4,9,19H,5-8H2,1-2H3. The quantitative estimate of drug-likeness (QED) is 0.847. The first-order valence-corrected chi connectivity index (χ1v) is 9.87. The predicted molar refractivity (Wildman–Crippen MR) is 98.2 cm³/mol. The van der Waals surface area contributed by atoms with Crippen LogP contribution < -0.4 is 9.62 Å². The lowest BCUT2D eigenvalue weighted by Gasteiger charge is -2.29. The highest BCUT2D eigenvalue weighted by atomic mass is 35.5. The van der Waals surface area contributed by atoms with E-state index in [0.717, 1.165) is 18.8 Å². The Morgan fingerprint density at radius 1 is 1.24 bits per heavy atom. The average Bonchev–Trinajstić information content (AvgIpc) is 2.81. The summed E-state index contributed by atoms with van der Waals surface area (Å²) in [6.45, 7) is 4.37. The van der Waals surface area contributed by atoms with Gasteiger partial charge in [0, 0.05) is 20.1 Å². The van der Waals surface area contributed by atoms with Gasteiger partial charge in [-0.15, -0.1) is 0 Å². The van der Waals surface area contributed by atoms with E-state index >= 15 is 0 Å². The molecule has 0 radical (unpaired) electrons. The summed E-state index contributed by atoms with van der Waals surface area (Å²) in [4.78, 5) is 2.07. The van der Waals surface area contributed by atoms with E-state index in [2.05, 4.69) is 14.7 Å². The van der Waals surface area contributed by atoms with Crippen LogP contribution in [0.15, 0.2) is 23.1 Å². The lowest BCUT2D eigenvalue weighted by atomic mass is 10.2. The van der Waals surface area contributed by atoms with Gasteiger partial charge in [-0.3, -0.25) is 9.40 Å². The van der Waals surface area contributed by atoms with E-state index in [0.29, 0.717) is 29.6 Å². The Morgan fingerprint density at radius 3 is 2.48 bits per heavy atom. The van der Waals surface area contributed by atoms with E-state index in [-0.39, 0.29) is 10.0 Å². The van der Waals surface area contributed by atoms with Crippen LogP contribution in [0, 0.1) is 6.92 Å². The number of aryl methyl sites for hydroxylation is 2. The van der Waals surface area contributed by atoms with E-state index in [1.165, 1.54) is 4.68 Å². The van der Waals surface area contributed by atoms with Crippen LogP contribution in [-0.4, -0.2) is 44.5 Å². The molecule has 0 amide bonds. The summed E-state index contributed by atoms with van der Waals surface area (Å²) in [5.41, 5.74) is 1.54. The van der Waals surface area contributed by atoms with Crippen molar-refractivity contribution in [1.29, 1.82) is 0 Å². The van der Waals surface area contributed by atoms with Gasteiger partial charge < -0.3 is 9.64 Å². The molecule has 1 aliphatic heterocycles. The first-order chi connectivity index (χ1) is 11.8. The third-order valence-electron chi connectivity index (χ3n) is 3.92. The van der Waals surface area contributed by atoms with Crippen molar-refractivity contribution in [1.82, 2.24) is 9.78 Å². The number of hydrogen-bond acceptors (Lipinski definition) is 5. The smallest absolute Gasteiger partial charge is 0.266 e. The Bertz CT molecular complexity index is 892. The maximum absolute atomic E-state index is 12.6. The number of morpholine rings is 1. The molecular weight excluding hydrogens is 387 g/mol. The SMILES string of the molecule is Cc1nn(C)c(Cl)c1S(=O)(=O)Nc1ccc(N2CCOCC2)c(Cl)c1. The zero-order chi connectivity index (χ0) is 18.2. The molecule has 7 nitrogen and oxygen atoms in total. The lowest BCUT2D eigenvalue weighted by molar-refractivity contribution is 0.122. The van der Waals surface area contributed by atoms with Crippen molar-refractivity contribution >= 4 is 44.6 Å². The maximum Gasteiger partial charge on any atom is 0.266 e. The van der Waals surface area contributed by atoms with E-state index in [9.17, 15) is 8.42 Å². The molecule has 25 heavy (non-hydrogen) atoms. The Morgan fingerprint density at radius 2 is 1.92 bits per heavy atom. The van der Waals surface area contributed by atoms with Crippen LogP contribution in [0.5, 0.6) is 0 Å². The molecule has 0 saturated carbocycles. The largest absolute Gasteiger partial charge is 0.378 e. The van der Waals surface area contributed by atoms with Gasteiger partial charge in [-0.2, -0.15) is 5.10 Å². The van der Waals surface area contributed by atoms with Crippen LogP contribution in [0.25, 0.3) is 0 Å². The molecule has 0 unspecified atom stereocenters. The zero-order valence-corrected chi connectivity index (χ0v) is 16.1. The fourth-order valence-corrected chi connectivity index (χ4v) is 4.86. The van der Waals surface area contributed by atoms with Gasteiger partial charge in [0.15, 0.2) is 0 Å². The minimum atomic E-state index is -3.87. The number of nitrogens with zero attached hydrogens (tertiary/aromatic N) is 3. The number of ether oxygens (including phenoxy) is 1. The second kappa shape index (κ2) is 7.03. The summed E-state index contributed by atoms with van der Waals surface area (Å²) in [5.74, 6) is 0. The molecular formula is C15H18Cl2N4O3S. The highest BCUT2D eigenvalue weighted by Gasteiger charge is 2.25. The molecule has 2 aromatic rings. The van der Waals surface area contributed by atoms with Gasteiger partial charge in [-0.1, -0.05) is 23.2 Å². The average molecular weight is 405 g/mol. The number of benzene rings is 1. The molecule has 0 spiro atoms. The Balaban J connectivity index is 1.86. The second-order valence-electron chi connectivity index (χ2n) is 5.70. The Kier molecular flexibility index (Phi) is 5.15. The normalized spacial score (nSPS) is 15.4. The fourth-order valence-electron chi connectivity index (χ4n) is 2.75. The van der Waals surface area contributed by atoms with Gasteiger partial charge in [0.05, 0.1) is 35.3 Å². The van der Waals surface area contributed by atoms with Crippen molar-refractivity contribution in [3.05, 3.63) is 34.1 Å². The molecule has 1 N–H and O–H groups in total. The minimum Gasteiger partial charge on any atom is -0.378 e. The highest BCUT2D eigenvalue weighted by molar-refractivity contribution is 7.92. The molecule has 0 atom stereocenters. The number of nitrogens with one attached hydrogen (secondary N) is 1. The topological polar surface area (TPSA) is 76.5 Å². The highest BCUT2D eigenvalue weighted by Crippen LogP contribution is 2.31. The number of anilines is 2. The Hall–Kier alpha value is -1.48. The molecule has 1 aliphatic rings. The molecule has 3 rings (SSSR count). The molecule has 1 fully saturated rings. The summed E-state index contributed by atoms with van der Waals surface area (Å²) in [6, 6.07) is 5.06. The van der Waals surface area contributed by atoms with Crippen molar-refractivity contribution < 1.29 is 13.2 Å². The third kappa shape index (κ3) is 3.72. The number of rotatable bonds is 4. The molecule has 1 saturated heterocycles. The predicted octanol–water partition coefficient (Wildman–Crippen LogP) is 2.67. The molecule has 136 valence electrons. The van der Waals surface area contributed by atoms with Gasteiger partial charge in [0.25, 0.3) is 10.0 Å². The van der Waals surface area contributed by atoms with E-state index in [1.54, 1.807) is 32.2 Å². The number of aromatic nitrogens is 2. The summed E-state index contributed by atoms with van der Waals surface area (Å²) in [6.07, 6.45) is 0. The first kappa shape index (κ1) is 18.3. The van der Waals surface area contributed by atoms with Gasteiger partial charge >= 0.3 is 0 Å². The zero-order valence-electron chi connectivity index (χ0n) is 13.8. The molecule has 1 aromatic heterocycles. The van der Waals surface area contributed by atoms with Gasteiger partial charge in [-0.05, 0) is 25.1 Å². The van der Waals surface area contributed by atoms with Crippen LogP contribution >= 0.6 is 23.2 Å². The van der Waals surface area contributed by atoms with Crippen molar-refractivity contribution in [2.45, 2.75) is 11.8 Å². The Labute approximate surface area is 156 Å². The number of halogens is 2. The first-order valence-electron chi connectivity index (χ1n) is 7.64. The number of hydrogen-bond donors (Lipinski definition) is 1. The maximum atomic E-state index is 12.6. The van der Waals surface area contributed by atoms with Crippen molar-refractivity contribution in [2.24, 2.45) is 7.05 Å². The second-order valence-corrected chi connectivity index (χ2v) is 8.08. The van der Waals surface area contributed by atoms with E-state index in [1.807, 2.05) is 0 Å². The van der Waals surface area contributed by atoms with Crippen LogP contribution in [-0.2, 0) is 21.8 Å². The van der Waals surface area contributed by atoms with Crippen molar-refractivity contribution in [3.63, 3.8) is 0 Å². The molecule has 10 heteroatoms.